The van der Waals surface area contributed by atoms with Gasteiger partial charge in [-0.15, -0.1) is 0 Å². The van der Waals surface area contributed by atoms with Gasteiger partial charge in [0.2, 0.25) is 0 Å². The second-order valence-corrected chi connectivity index (χ2v) is 4.28. The highest BCUT2D eigenvalue weighted by molar-refractivity contribution is 5.29. The first kappa shape index (κ1) is 13.2. The van der Waals surface area contributed by atoms with Crippen molar-refractivity contribution in [2.75, 3.05) is 26.8 Å². The van der Waals surface area contributed by atoms with Gasteiger partial charge < -0.3 is 4.74 Å². The maximum Gasteiger partial charge on any atom is 0.0589 e. The molecule has 0 bridgehead atoms. The summed E-state index contributed by atoms with van der Waals surface area (Å²) in [6.45, 7) is 10.4. The van der Waals surface area contributed by atoms with E-state index in [1.54, 1.807) is 7.11 Å². The van der Waals surface area contributed by atoms with Gasteiger partial charge in [-0.05, 0) is 37.1 Å². The zero-order valence-corrected chi connectivity index (χ0v) is 10.9. The number of nitrogens with zero attached hydrogens (tertiary/aromatic N) is 1. The molecule has 0 heterocycles. The normalized spacial score (nSPS) is 11.1. The molecule has 0 atom stereocenters. The molecule has 0 amide bonds. The highest BCUT2D eigenvalue weighted by Gasteiger charge is 2.04. The maximum atomic E-state index is 5.11. The van der Waals surface area contributed by atoms with E-state index in [9.17, 15) is 0 Å². The minimum Gasteiger partial charge on any atom is -0.383 e. The third-order valence-corrected chi connectivity index (χ3v) is 3.04. The van der Waals surface area contributed by atoms with E-state index >= 15 is 0 Å². The van der Waals surface area contributed by atoms with Crippen LogP contribution in [0.15, 0.2) is 18.2 Å². The van der Waals surface area contributed by atoms with Crippen LogP contribution in [-0.4, -0.2) is 31.7 Å². The molecular formula is C14H23NO. The van der Waals surface area contributed by atoms with Gasteiger partial charge in [-0.2, -0.15) is 0 Å². The molecule has 0 aliphatic carbocycles. The van der Waals surface area contributed by atoms with E-state index in [1.807, 2.05) is 0 Å². The van der Waals surface area contributed by atoms with Crippen molar-refractivity contribution in [3.63, 3.8) is 0 Å². The van der Waals surface area contributed by atoms with Crippen molar-refractivity contribution in [2.45, 2.75) is 27.3 Å². The largest absolute Gasteiger partial charge is 0.383 e. The smallest absolute Gasteiger partial charge is 0.0589 e. The predicted molar refractivity (Wildman–Crippen MR) is 68.7 cm³/mol. The fourth-order valence-corrected chi connectivity index (χ4v) is 1.73. The van der Waals surface area contributed by atoms with Crippen LogP contribution in [0.5, 0.6) is 0 Å². The van der Waals surface area contributed by atoms with Crippen LogP contribution in [0.4, 0.5) is 0 Å². The Hall–Kier alpha value is -0.860. The lowest BCUT2D eigenvalue weighted by Crippen LogP contribution is -2.26. The standard InChI is InChI=1S/C14H23NO/c1-5-15(8-9-16-4)11-14-7-6-12(2)13(3)10-14/h6-7,10H,5,8-9,11H2,1-4H3. The minimum atomic E-state index is 0.804. The number of likely N-dealkylation sites (N-methyl/N-ethyl adjacent to an activating group) is 1. The number of hydrogen-bond donors (Lipinski definition) is 0. The number of ether oxygens (including phenoxy) is 1. The van der Waals surface area contributed by atoms with Crippen LogP contribution in [0, 0.1) is 13.8 Å². The molecule has 0 unspecified atom stereocenters. The average molecular weight is 221 g/mol. The summed E-state index contributed by atoms with van der Waals surface area (Å²) in [5.74, 6) is 0. The highest BCUT2D eigenvalue weighted by atomic mass is 16.5. The van der Waals surface area contributed by atoms with Crippen LogP contribution in [0.3, 0.4) is 0 Å². The van der Waals surface area contributed by atoms with Crippen LogP contribution in [-0.2, 0) is 11.3 Å². The third kappa shape index (κ3) is 3.95. The molecule has 0 spiro atoms. The van der Waals surface area contributed by atoms with E-state index in [4.69, 9.17) is 4.74 Å². The number of benzene rings is 1. The summed E-state index contributed by atoms with van der Waals surface area (Å²) in [6.07, 6.45) is 0. The van der Waals surface area contributed by atoms with Gasteiger partial charge in [-0.25, -0.2) is 0 Å². The van der Waals surface area contributed by atoms with Crippen LogP contribution in [0.2, 0.25) is 0 Å². The summed E-state index contributed by atoms with van der Waals surface area (Å²) in [7, 11) is 1.75. The van der Waals surface area contributed by atoms with Crippen molar-refractivity contribution in [1.82, 2.24) is 4.90 Å². The molecule has 2 nitrogen and oxygen atoms in total. The lowest BCUT2D eigenvalue weighted by Gasteiger charge is -2.20. The zero-order valence-electron chi connectivity index (χ0n) is 10.9. The Balaban J connectivity index is 2.59. The molecule has 16 heavy (non-hydrogen) atoms. The molecule has 1 aromatic rings. The summed E-state index contributed by atoms with van der Waals surface area (Å²) in [4.78, 5) is 2.40. The zero-order chi connectivity index (χ0) is 12.0. The second-order valence-electron chi connectivity index (χ2n) is 4.28. The molecule has 0 fully saturated rings. The van der Waals surface area contributed by atoms with Gasteiger partial charge in [-0.3, -0.25) is 4.90 Å². The summed E-state index contributed by atoms with van der Waals surface area (Å²) in [5.41, 5.74) is 4.13. The van der Waals surface area contributed by atoms with Gasteiger partial charge in [0.25, 0.3) is 0 Å². The molecule has 0 saturated heterocycles. The summed E-state index contributed by atoms with van der Waals surface area (Å²) in [6, 6.07) is 6.71. The Morgan fingerprint density at radius 2 is 1.94 bits per heavy atom. The Morgan fingerprint density at radius 3 is 2.50 bits per heavy atom. The van der Waals surface area contributed by atoms with Crippen molar-refractivity contribution in [3.05, 3.63) is 34.9 Å². The molecule has 0 N–H and O–H groups in total. The fraction of sp³-hybridized carbons (Fsp3) is 0.571. The van der Waals surface area contributed by atoms with E-state index in [1.165, 1.54) is 16.7 Å². The van der Waals surface area contributed by atoms with Gasteiger partial charge in [-0.1, -0.05) is 25.1 Å². The Kier molecular flexibility index (Phi) is 5.50. The van der Waals surface area contributed by atoms with Gasteiger partial charge >= 0.3 is 0 Å². The maximum absolute atomic E-state index is 5.11. The second kappa shape index (κ2) is 6.66. The van der Waals surface area contributed by atoms with Crippen LogP contribution >= 0.6 is 0 Å². The first-order chi connectivity index (χ1) is 7.67. The molecule has 0 saturated carbocycles. The number of aryl methyl sites for hydroxylation is 2. The number of hydrogen-bond acceptors (Lipinski definition) is 2. The molecule has 0 radical (unpaired) electrons. The molecular weight excluding hydrogens is 198 g/mol. The summed E-state index contributed by atoms with van der Waals surface area (Å²) < 4.78 is 5.11. The molecule has 0 aliphatic heterocycles. The first-order valence-electron chi connectivity index (χ1n) is 5.94. The van der Waals surface area contributed by atoms with Crippen molar-refractivity contribution in [2.24, 2.45) is 0 Å². The number of rotatable bonds is 6. The third-order valence-electron chi connectivity index (χ3n) is 3.04. The van der Waals surface area contributed by atoms with Gasteiger partial charge in [0, 0.05) is 20.2 Å². The van der Waals surface area contributed by atoms with E-state index < -0.39 is 0 Å². The van der Waals surface area contributed by atoms with E-state index in [-0.39, 0.29) is 0 Å². The Bertz CT molecular complexity index is 323. The minimum absolute atomic E-state index is 0.804. The van der Waals surface area contributed by atoms with Crippen molar-refractivity contribution >= 4 is 0 Å². The summed E-state index contributed by atoms with van der Waals surface area (Å²) >= 11 is 0. The summed E-state index contributed by atoms with van der Waals surface area (Å²) in [5, 5.41) is 0. The van der Waals surface area contributed by atoms with Crippen molar-refractivity contribution in [1.29, 1.82) is 0 Å². The molecule has 90 valence electrons. The highest BCUT2D eigenvalue weighted by Crippen LogP contribution is 2.11. The molecule has 0 aromatic heterocycles. The van der Waals surface area contributed by atoms with Gasteiger partial charge in [0.1, 0.15) is 0 Å². The lowest BCUT2D eigenvalue weighted by atomic mass is 10.1. The van der Waals surface area contributed by atoms with Gasteiger partial charge in [0.15, 0.2) is 0 Å². The van der Waals surface area contributed by atoms with Crippen molar-refractivity contribution < 1.29 is 4.74 Å². The van der Waals surface area contributed by atoms with Crippen LogP contribution in [0.1, 0.15) is 23.6 Å². The van der Waals surface area contributed by atoms with E-state index in [0.717, 1.165) is 26.2 Å². The van der Waals surface area contributed by atoms with Crippen LogP contribution in [0.25, 0.3) is 0 Å². The topological polar surface area (TPSA) is 12.5 Å². The first-order valence-corrected chi connectivity index (χ1v) is 5.94. The SMILES string of the molecule is CCN(CCOC)Cc1ccc(C)c(C)c1. The molecule has 2 heteroatoms. The van der Waals surface area contributed by atoms with Gasteiger partial charge in [0.05, 0.1) is 6.61 Å². The Labute approximate surface area is 99.2 Å². The van der Waals surface area contributed by atoms with E-state index in [0.29, 0.717) is 0 Å². The Morgan fingerprint density at radius 1 is 1.19 bits per heavy atom. The quantitative estimate of drug-likeness (QED) is 0.732. The average Bonchev–Trinajstić information content (AvgIpc) is 2.29. The molecule has 1 rings (SSSR count). The lowest BCUT2D eigenvalue weighted by molar-refractivity contribution is 0.147. The van der Waals surface area contributed by atoms with Crippen LogP contribution < -0.4 is 0 Å². The van der Waals surface area contributed by atoms with E-state index in [2.05, 4.69) is 43.9 Å². The van der Waals surface area contributed by atoms with Crippen molar-refractivity contribution in [3.8, 4) is 0 Å². The predicted octanol–water partition coefficient (Wildman–Crippen LogP) is 2.77. The number of methoxy groups -OCH3 is 1. The monoisotopic (exact) mass is 221 g/mol. The molecule has 1 aromatic carbocycles. The molecule has 0 aliphatic rings. The fourth-order valence-electron chi connectivity index (χ4n) is 1.73.